The number of thioether (sulfide) groups is 2. The number of carboxylic acid groups (broad SMARTS) is 1. The van der Waals surface area contributed by atoms with Crippen LogP contribution in [0.2, 0.25) is 0 Å². The number of aliphatic carboxylic acids is 1. The minimum atomic E-state index is -1.17. The van der Waals surface area contributed by atoms with Crippen LogP contribution in [0.4, 0.5) is 5.13 Å². The molecule has 2 aromatic heterocycles. The van der Waals surface area contributed by atoms with Gasteiger partial charge in [0.1, 0.15) is 28.9 Å². The summed E-state index contributed by atoms with van der Waals surface area (Å²) in [4.78, 5) is 48.0. The highest BCUT2D eigenvalue weighted by Crippen LogP contribution is 2.44. The molecule has 4 heterocycles. The number of nitrogen functional groups attached to an aromatic ring is 1. The number of nitrogens with one attached hydrogen (secondary N) is 1. The van der Waals surface area contributed by atoms with Gasteiger partial charge in [-0.3, -0.25) is 14.4 Å². The Morgan fingerprint density at radius 1 is 1.43 bits per heavy atom. The molecule has 0 radical (unpaired) electrons. The zero-order valence-corrected chi connectivity index (χ0v) is 21.5. The molecular formula is C17H21N9O5S4. The summed E-state index contributed by atoms with van der Waals surface area (Å²) in [6.45, 7) is 0.480. The fourth-order valence-corrected chi connectivity index (χ4v) is 7.65. The summed E-state index contributed by atoms with van der Waals surface area (Å²) in [7, 11) is 1.26. The van der Waals surface area contributed by atoms with Crippen LogP contribution in [0.3, 0.4) is 0 Å². The molecule has 35 heavy (non-hydrogen) atoms. The van der Waals surface area contributed by atoms with E-state index in [4.69, 9.17) is 16.3 Å². The second-order valence-electron chi connectivity index (χ2n) is 7.57. The number of oxime groups is 1. The van der Waals surface area contributed by atoms with E-state index in [2.05, 4.69) is 30.0 Å². The van der Waals surface area contributed by atoms with Gasteiger partial charge < -0.3 is 31.6 Å². The second-order valence-corrected chi connectivity index (χ2v) is 11.7. The van der Waals surface area contributed by atoms with Gasteiger partial charge in [0, 0.05) is 36.0 Å². The summed E-state index contributed by atoms with van der Waals surface area (Å²) in [6.07, 6.45) is 0.609. The average molecular weight is 560 g/mol. The maximum Gasteiger partial charge on any atom is 0.313 e. The van der Waals surface area contributed by atoms with Crippen molar-refractivity contribution in [1.82, 2.24) is 29.8 Å². The predicted molar refractivity (Wildman–Crippen MR) is 131 cm³/mol. The van der Waals surface area contributed by atoms with E-state index in [9.17, 15) is 19.5 Å². The molecule has 3 atom stereocenters. The van der Waals surface area contributed by atoms with Gasteiger partial charge in [-0.15, -0.1) is 22.0 Å². The number of anilines is 1. The standard InChI is InChI=1S/C17H21N9O5S4/c1-31-24-8(10-21-15(19)35-25-10)11(27)20-9-12(28)26-4-17(14(29)30,5-32-13(9)26)6-33-16-23-22-7(34-16)2-3-18/h9,13H,2-6,18H2,1H3,(H,20,27)(H,29,30)(H2,19,21,25)/t9?,13-,17?/m1/s1. The number of carboxylic acids is 1. The number of nitrogens with zero attached hydrogens (tertiary/aromatic N) is 6. The summed E-state index contributed by atoms with van der Waals surface area (Å²) < 4.78 is 4.61. The van der Waals surface area contributed by atoms with Crippen molar-refractivity contribution in [3.8, 4) is 0 Å². The number of fused-ring (bicyclic) bond motifs is 1. The molecular weight excluding hydrogens is 539 g/mol. The Bertz CT molecular complexity index is 1160. The van der Waals surface area contributed by atoms with Crippen LogP contribution in [0.25, 0.3) is 0 Å². The SMILES string of the molecule is CON=C(C(=O)NC1C(=O)N2CC(CSc3nnc(CCN)s3)(C(=O)O)CS[C@H]12)c1nsc(N)n1. The molecule has 2 amide bonds. The quantitative estimate of drug-likeness (QED) is 0.120. The zero-order chi connectivity index (χ0) is 25.2. The number of hydrogen-bond acceptors (Lipinski definition) is 15. The largest absolute Gasteiger partial charge is 0.481 e. The molecule has 0 aliphatic carbocycles. The third-order valence-electron chi connectivity index (χ3n) is 5.21. The van der Waals surface area contributed by atoms with Crippen LogP contribution in [-0.4, -0.2) is 96.2 Å². The van der Waals surface area contributed by atoms with Crippen molar-refractivity contribution < 1.29 is 24.3 Å². The van der Waals surface area contributed by atoms with Crippen LogP contribution < -0.4 is 16.8 Å². The summed E-state index contributed by atoms with van der Waals surface area (Å²) in [5.41, 5.74) is 9.74. The van der Waals surface area contributed by atoms with Crippen molar-refractivity contribution >= 4 is 75.0 Å². The summed E-state index contributed by atoms with van der Waals surface area (Å²) in [5, 5.41) is 25.0. The van der Waals surface area contributed by atoms with Crippen LogP contribution in [0.1, 0.15) is 10.8 Å². The van der Waals surface area contributed by atoms with E-state index in [0.29, 0.717) is 17.3 Å². The summed E-state index contributed by atoms with van der Waals surface area (Å²) >= 11 is 4.87. The highest BCUT2D eigenvalue weighted by atomic mass is 32.2. The van der Waals surface area contributed by atoms with Crippen molar-refractivity contribution in [2.24, 2.45) is 16.3 Å². The van der Waals surface area contributed by atoms with Gasteiger partial charge >= 0.3 is 5.97 Å². The van der Waals surface area contributed by atoms with Crippen molar-refractivity contribution in [2.45, 2.75) is 22.2 Å². The van der Waals surface area contributed by atoms with Gasteiger partial charge in [0.25, 0.3) is 5.91 Å². The smallest absolute Gasteiger partial charge is 0.313 e. The average Bonchev–Trinajstić information content (AvgIpc) is 3.48. The first-order valence-corrected chi connectivity index (χ1v) is 13.7. The second kappa shape index (κ2) is 10.6. The van der Waals surface area contributed by atoms with Crippen LogP contribution in [0, 0.1) is 5.41 Å². The highest BCUT2D eigenvalue weighted by Gasteiger charge is 2.57. The topological polar surface area (TPSA) is 212 Å². The third-order valence-corrected chi connectivity index (χ3v) is 9.75. The monoisotopic (exact) mass is 559 g/mol. The molecule has 2 aromatic rings. The molecule has 2 fully saturated rings. The van der Waals surface area contributed by atoms with E-state index in [0.717, 1.165) is 16.5 Å². The number of amides is 2. The first kappa shape index (κ1) is 25.5. The first-order chi connectivity index (χ1) is 16.8. The van der Waals surface area contributed by atoms with Crippen LogP contribution in [0.5, 0.6) is 0 Å². The van der Waals surface area contributed by atoms with E-state index < -0.39 is 28.7 Å². The number of nitrogens with two attached hydrogens (primary N) is 2. The molecule has 2 saturated heterocycles. The van der Waals surface area contributed by atoms with Crippen molar-refractivity contribution in [3.05, 3.63) is 10.8 Å². The normalized spacial score (nSPS) is 24.0. The molecule has 0 saturated carbocycles. The maximum atomic E-state index is 12.9. The van der Waals surface area contributed by atoms with Crippen molar-refractivity contribution in [3.63, 3.8) is 0 Å². The lowest BCUT2D eigenvalue weighted by Gasteiger charge is -2.53. The molecule has 6 N–H and O–H groups in total. The van der Waals surface area contributed by atoms with Crippen LogP contribution >= 0.6 is 46.4 Å². The van der Waals surface area contributed by atoms with E-state index in [1.54, 1.807) is 0 Å². The molecule has 2 aliphatic rings. The molecule has 2 aliphatic heterocycles. The lowest BCUT2D eigenvalue weighted by atomic mass is 9.89. The van der Waals surface area contributed by atoms with Gasteiger partial charge in [-0.25, -0.2) is 0 Å². The Hall–Kier alpha value is -2.54. The number of aromatic nitrogens is 4. The Morgan fingerprint density at radius 3 is 2.89 bits per heavy atom. The highest BCUT2D eigenvalue weighted by molar-refractivity contribution is 8.01. The molecule has 14 nitrogen and oxygen atoms in total. The summed E-state index contributed by atoms with van der Waals surface area (Å²) in [5.74, 6) is -1.60. The van der Waals surface area contributed by atoms with E-state index in [-0.39, 0.29) is 40.6 Å². The Balaban J connectivity index is 1.40. The van der Waals surface area contributed by atoms with Crippen molar-refractivity contribution in [1.29, 1.82) is 0 Å². The van der Waals surface area contributed by atoms with Crippen LogP contribution in [-0.2, 0) is 25.6 Å². The predicted octanol–water partition coefficient (Wildman–Crippen LogP) is -0.913. The van der Waals surface area contributed by atoms with E-state index >= 15 is 0 Å². The van der Waals surface area contributed by atoms with E-state index in [1.807, 2.05) is 0 Å². The minimum Gasteiger partial charge on any atom is -0.481 e. The lowest BCUT2D eigenvalue weighted by molar-refractivity contribution is -0.157. The van der Waals surface area contributed by atoms with Gasteiger partial charge in [0.05, 0.1) is 0 Å². The van der Waals surface area contributed by atoms with E-state index in [1.165, 1.54) is 46.9 Å². The third kappa shape index (κ3) is 5.20. The molecule has 0 aromatic carbocycles. The fraction of sp³-hybridized carbons (Fsp3) is 0.529. The Labute approximate surface area is 215 Å². The Morgan fingerprint density at radius 2 is 2.23 bits per heavy atom. The van der Waals surface area contributed by atoms with Gasteiger partial charge in [-0.05, 0) is 6.54 Å². The zero-order valence-electron chi connectivity index (χ0n) is 18.2. The molecule has 188 valence electrons. The molecule has 4 rings (SSSR count). The number of rotatable bonds is 10. The number of β-lactam (4-membered cyclic amide) rings is 1. The van der Waals surface area contributed by atoms with Gasteiger partial charge in [0.2, 0.25) is 17.4 Å². The molecule has 18 heteroatoms. The van der Waals surface area contributed by atoms with Gasteiger partial charge in [-0.2, -0.15) is 9.36 Å². The number of carbonyl (C=O) groups is 3. The fourth-order valence-electron chi connectivity index (χ4n) is 3.44. The molecule has 2 unspecified atom stereocenters. The number of carbonyl (C=O) groups excluding carboxylic acids is 2. The summed E-state index contributed by atoms with van der Waals surface area (Å²) in [6, 6.07) is -0.841. The Kier molecular flexibility index (Phi) is 7.74. The minimum absolute atomic E-state index is 0.0139. The van der Waals surface area contributed by atoms with Gasteiger partial charge in [0.15, 0.2) is 9.47 Å². The first-order valence-electron chi connectivity index (χ1n) is 10.1. The van der Waals surface area contributed by atoms with Gasteiger partial charge in [-0.1, -0.05) is 28.3 Å². The number of hydrogen-bond donors (Lipinski definition) is 4. The van der Waals surface area contributed by atoms with Crippen LogP contribution in [0.15, 0.2) is 9.50 Å². The molecule has 0 spiro atoms. The lowest BCUT2D eigenvalue weighted by Crippen LogP contribution is -2.74. The maximum absolute atomic E-state index is 12.9. The van der Waals surface area contributed by atoms with Crippen molar-refractivity contribution in [2.75, 3.05) is 37.4 Å². The molecule has 0 bridgehead atoms.